The van der Waals surface area contributed by atoms with Crippen LogP contribution in [0.3, 0.4) is 0 Å². The number of hydrogen-bond donors (Lipinski definition) is 0. The summed E-state index contributed by atoms with van der Waals surface area (Å²) >= 11 is 0. The number of ether oxygens (including phenoxy) is 1. The van der Waals surface area contributed by atoms with Crippen molar-refractivity contribution in [3.63, 3.8) is 0 Å². The predicted molar refractivity (Wildman–Crippen MR) is 124 cm³/mol. The Labute approximate surface area is 190 Å². The van der Waals surface area contributed by atoms with E-state index in [1.807, 2.05) is 39.0 Å². The van der Waals surface area contributed by atoms with Gasteiger partial charge < -0.3 is 9.30 Å². The van der Waals surface area contributed by atoms with Crippen LogP contribution in [-0.4, -0.2) is 36.1 Å². The van der Waals surface area contributed by atoms with Gasteiger partial charge in [-0.25, -0.2) is 14.5 Å². The van der Waals surface area contributed by atoms with Crippen LogP contribution in [0, 0.1) is 11.8 Å². The topological polar surface area (TPSA) is 91.9 Å². The standard InChI is InChI=1S/C25H23N5O3/c1-25(2,3)33-24(32)19-8-6-18(7-9-19)16-29-17-21-13-22(26-15-20(21)14-23(29)31)5-4-11-30-12-10-27-28-30/h6-10,12-15,17H,11,16H2,1-3H3. The number of carbonyl (C=O) groups is 1. The Morgan fingerprint density at radius 2 is 1.91 bits per heavy atom. The summed E-state index contributed by atoms with van der Waals surface area (Å²) in [5.74, 6) is 5.64. The van der Waals surface area contributed by atoms with E-state index < -0.39 is 5.60 Å². The van der Waals surface area contributed by atoms with Gasteiger partial charge in [0, 0.05) is 35.4 Å². The normalized spacial score (nSPS) is 11.1. The first-order valence-electron chi connectivity index (χ1n) is 10.4. The number of hydrogen-bond acceptors (Lipinski definition) is 6. The first kappa shape index (κ1) is 22.0. The van der Waals surface area contributed by atoms with Crippen molar-refractivity contribution in [2.45, 2.75) is 39.5 Å². The Bertz CT molecular complexity index is 1400. The van der Waals surface area contributed by atoms with Crippen LogP contribution < -0.4 is 5.56 Å². The molecule has 4 aromatic rings. The molecule has 8 nitrogen and oxygen atoms in total. The van der Waals surface area contributed by atoms with Gasteiger partial charge in [0.15, 0.2) is 0 Å². The second-order valence-corrected chi connectivity index (χ2v) is 8.54. The minimum atomic E-state index is -0.553. The van der Waals surface area contributed by atoms with E-state index in [1.54, 1.807) is 52.2 Å². The third-order valence-electron chi connectivity index (χ3n) is 4.70. The summed E-state index contributed by atoms with van der Waals surface area (Å²) in [5.41, 5.74) is 1.29. The van der Waals surface area contributed by atoms with Gasteiger partial charge in [0.2, 0.25) is 0 Å². The van der Waals surface area contributed by atoms with Crippen molar-refractivity contribution < 1.29 is 9.53 Å². The molecule has 0 aliphatic heterocycles. The van der Waals surface area contributed by atoms with Gasteiger partial charge in [-0.15, -0.1) is 5.10 Å². The van der Waals surface area contributed by atoms with Gasteiger partial charge >= 0.3 is 5.97 Å². The van der Waals surface area contributed by atoms with Crippen LogP contribution >= 0.6 is 0 Å². The molecular formula is C25H23N5O3. The van der Waals surface area contributed by atoms with E-state index in [2.05, 4.69) is 27.1 Å². The molecule has 0 spiro atoms. The lowest BCUT2D eigenvalue weighted by atomic mass is 10.1. The highest BCUT2D eigenvalue weighted by atomic mass is 16.6. The summed E-state index contributed by atoms with van der Waals surface area (Å²) in [6.07, 6.45) is 6.78. The molecule has 0 saturated carbocycles. The molecule has 0 aliphatic carbocycles. The van der Waals surface area contributed by atoms with Gasteiger partial charge in [-0.2, -0.15) is 0 Å². The fraction of sp³-hybridized carbons (Fsp3) is 0.240. The molecule has 166 valence electrons. The van der Waals surface area contributed by atoms with E-state index in [9.17, 15) is 9.59 Å². The Morgan fingerprint density at radius 3 is 2.61 bits per heavy atom. The first-order chi connectivity index (χ1) is 15.8. The predicted octanol–water partition coefficient (Wildman–Crippen LogP) is 3.04. The summed E-state index contributed by atoms with van der Waals surface area (Å²) < 4.78 is 8.64. The van der Waals surface area contributed by atoms with Crippen LogP contribution in [0.15, 0.2) is 66.0 Å². The molecule has 1 aromatic carbocycles. The highest BCUT2D eigenvalue weighted by Gasteiger charge is 2.17. The van der Waals surface area contributed by atoms with Gasteiger partial charge in [0.05, 0.1) is 18.3 Å². The Morgan fingerprint density at radius 1 is 1.12 bits per heavy atom. The molecule has 0 N–H and O–H groups in total. The fourth-order valence-electron chi connectivity index (χ4n) is 3.16. The van der Waals surface area contributed by atoms with Crippen LogP contribution in [0.1, 0.15) is 42.4 Å². The average Bonchev–Trinajstić information content (AvgIpc) is 3.27. The summed E-state index contributed by atoms with van der Waals surface area (Å²) in [6, 6.07) is 10.5. The highest BCUT2D eigenvalue weighted by molar-refractivity contribution is 5.89. The lowest BCUT2D eigenvalue weighted by molar-refractivity contribution is 0.00695. The van der Waals surface area contributed by atoms with Crippen LogP contribution in [0.4, 0.5) is 0 Å². The molecule has 0 fully saturated rings. The summed E-state index contributed by atoms with van der Waals surface area (Å²) in [7, 11) is 0. The van der Waals surface area contributed by atoms with E-state index in [1.165, 1.54) is 0 Å². The maximum Gasteiger partial charge on any atom is 0.338 e. The van der Waals surface area contributed by atoms with Crippen molar-refractivity contribution in [1.29, 1.82) is 0 Å². The maximum absolute atomic E-state index is 12.6. The number of rotatable bonds is 4. The molecule has 3 heterocycles. The molecule has 8 heteroatoms. The quantitative estimate of drug-likeness (QED) is 0.357. The first-order valence-corrected chi connectivity index (χ1v) is 10.4. The summed E-state index contributed by atoms with van der Waals surface area (Å²) in [6.45, 7) is 6.27. The van der Waals surface area contributed by atoms with Gasteiger partial charge in [-0.1, -0.05) is 23.3 Å². The van der Waals surface area contributed by atoms with E-state index in [4.69, 9.17) is 4.74 Å². The van der Waals surface area contributed by atoms with Crippen molar-refractivity contribution >= 4 is 16.7 Å². The van der Waals surface area contributed by atoms with Crippen LogP contribution in [0.2, 0.25) is 0 Å². The minimum Gasteiger partial charge on any atom is -0.456 e. The Hall–Kier alpha value is -4.25. The van der Waals surface area contributed by atoms with Gasteiger partial charge in [-0.3, -0.25) is 4.79 Å². The second kappa shape index (κ2) is 9.09. The zero-order valence-corrected chi connectivity index (χ0v) is 18.6. The average molecular weight is 441 g/mol. The van der Waals surface area contributed by atoms with E-state index in [-0.39, 0.29) is 11.5 Å². The lowest BCUT2D eigenvalue weighted by Gasteiger charge is -2.19. The maximum atomic E-state index is 12.6. The number of benzene rings is 1. The molecule has 0 bridgehead atoms. The SMILES string of the molecule is CC(C)(C)OC(=O)c1ccc(Cn2cc3cc(C#CCn4ccnn4)ncc3cc2=O)cc1. The largest absolute Gasteiger partial charge is 0.456 e. The zero-order valence-electron chi connectivity index (χ0n) is 18.6. The van der Waals surface area contributed by atoms with Crippen molar-refractivity contribution in [2.75, 3.05) is 0 Å². The molecule has 4 rings (SSSR count). The molecule has 0 atom stereocenters. The Balaban J connectivity index is 1.52. The van der Waals surface area contributed by atoms with E-state index in [0.717, 1.165) is 16.3 Å². The summed E-state index contributed by atoms with van der Waals surface area (Å²) in [5, 5.41) is 9.22. The fourth-order valence-corrected chi connectivity index (χ4v) is 3.16. The van der Waals surface area contributed by atoms with Crippen LogP contribution in [0.5, 0.6) is 0 Å². The van der Waals surface area contributed by atoms with Gasteiger partial charge in [-0.05, 0) is 50.5 Å². The third-order valence-corrected chi connectivity index (χ3v) is 4.70. The molecular weight excluding hydrogens is 418 g/mol. The summed E-state index contributed by atoms with van der Waals surface area (Å²) in [4.78, 5) is 29.1. The molecule has 3 aromatic heterocycles. The minimum absolute atomic E-state index is 0.134. The Kier molecular flexibility index (Phi) is 6.05. The lowest BCUT2D eigenvalue weighted by Crippen LogP contribution is -2.24. The smallest absolute Gasteiger partial charge is 0.338 e. The second-order valence-electron chi connectivity index (χ2n) is 8.54. The number of nitrogens with zero attached hydrogens (tertiary/aromatic N) is 5. The van der Waals surface area contributed by atoms with Crippen LogP contribution in [-0.2, 0) is 17.8 Å². The molecule has 0 radical (unpaired) electrons. The zero-order chi connectivity index (χ0) is 23.4. The van der Waals surface area contributed by atoms with Gasteiger partial charge in [0.1, 0.15) is 17.8 Å². The molecule has 33 heavy (non-hydrogen) atoms. The van der Waals surface area contributed by atoms with E-state index in [0.29, 0.717) is 24.3 Å². The van der Waals surface area contributed by atoms with Gasteiger partial charge in [0.25, 0.3) is 5.56 Å². The number of pyridine rings is 2. The highest BCUT2D eigenvalue weighted by Crippen LogP contribution is 2.15. The van der Waals surface area contributed by atoms with Crippen molar-refractivity contribution in [1.82, 2.24) is 24.5 Å². The number of aromatic nitrogens is 5. The monoisotopic (exact) mass is 441 g/mol. The van der Waals surface area contributed by atoms with Crippen LogP contribution in [0.25, 0.3) is 10.8 Å². The number of carbonyl (C=O) groups excluding carboxylic acids is 1. The molecule has 0 saturated heterocycles. The van der Waals surface area contributed by atoms with Crippen molar-refractivity contribution in [2.24, 2.45) is 0 Å². The molecule has 0 unspecified atom stereocenters. The van der Waals surface area contributed by atoms with E-state index >= 15 is 0 Å². The number of fused-ring (bicyclic) bond motifs is 1. The third kappa shape index (κ3) is 5.71. The van der Waals surface area contributed by atoms with Crippen molar-refractivity contribution in [3.8, 4) is 11.8 Å². The molecule has 0 aliphatic rings. The molecule has 0 amide bonds. The number of esters is 1. The van der Waals surface area contributed by atoms with Crippen molar-refractivity contribution in [3.05, 3.63) is 88.4 Å².